The Morgan fingerprint density at radius 3 is 2.24 bits per heavy atom. The highest BCUT2D eigenvalue weighted by Gasteiger charge is 2.39. The molecule has 0 aromatic rings. The molecule has 0 saturated heterocycles. The van der Waals surface area contributed by atoms with E-state index in [2.05, 4.69) is 13.8 Å². The van der Waals surface area contributed by atoms with Crippen molar-refractivity contribution in [2.24, 2.45) is 11.3 Å². The summed E-state index contributed by atoms with van der Waals surface area (Å²) in [5, 5.41) is 0. The number of esters is 1. The van der Waals surface area contributed by atoms with Crippen LogP contribution in [0.5, 0.6) is 0 Å². The molecule has 0 aromatic carbocycles. The van der Waals surface area contributed by atoms with E-state index in [1.165, 1.54) is 12.8 Å². The average molecular weight is 240 g/mol. The maximum Gasteiger partial charge on any atom is 0.312 e. The molecule has 1 fully saturated rings. The quantitative estimate of drug-likeness (QED) is 0.684. The molecule has 0 heterocycles. The second-order valence-corrected chi connectivity index (χ2v) is 6.35. The minimum Gasteiger partial charge on any atom is -0.459 e. The third kappa shape index (κ3) is 3.46. The maximum atomic E-state index is 12.2. The Kier molecular flexibility index (Phi) is 4.62. The SMILES string of the molecule is CCC1(OC(=O)C(C)(C)CC)CCC(C)CC1. The van der Waals surface area contributed by atoms with Crippen LogP contribution >= 0.6 is 0 Å². The molecule has 0 spiro atoms. The average Bonchev–Trinajstić information content (AvgIpc) is 2.32. The fourth-order valence-electron chi connectivity index (χ4n) is 2.30. The fraction of sp³-hybridized carbons (Fsp3) is 0.933. The zero-order valence-electron chi connectivity index (χ0n) is 12.1. The predicted molar refractivity (Wildman–Crippen MR) is 70.8 cm³/mol. The Morgan fingerprint density at radius 2 is 1.82 bits per heavy atom. The number of rotatable bonds is 4. The molecule has 1 saturated carbocycles. The Labute approximate surface area is 106 Å². The van der Waals surface area contributed by atoms with Crippen LogP contribution in [0.25, 0.3) is 0 Å². The van der Waals surface area contributed by atoms with Crippen molar-refractivity contribution in [1.29, 1.82) is 0 Å². The highest BCUT2D eigenvalue weighted by Crippen LogP contribution is 2.39. The van der Waals surface area contributed by atoms with Crippen LogP contribution in [0.15, 0.2) is 0 Å². The second-order valence-electron chi connectivity index (χ2n) is 6.35. The van der Waals surface area contributed by atoms with E-state index < -0.39 is 0 Å². The van der Waals surface area contributed by atoms with Gasteiger partial charge < -0.3 is 4.74 Å². The largest absolute Gasteiger partial charge is 0.459 e. The summed E-state index contributed by atoms with van der Waals surface area (Å²) in [4.78, 5) is 12.2. The van der Waals surface area contributed by atoms with Crippen molar-refractivity contribution in [2.75, 3.05) is 0 Å². The molecule has 1 aliphatic carbocycles. The lowest BCUT2D eigenvalue weighted by Gasteiger charge is -2.40. The van der Waals surface area contributed by atoms with Gasteiger partial charge in [-0.05, 0) is 58.3 Å². The molecular weight excluding hydrogens is 212 g/mol. The number of ether oxygens (including phenoxy) is 1. The van der Waals surface area contributed by atoms with Gasteiger partial charge in [-0.3, -0.25) is 4.79 Å². The smallest absolute Gasteiger partial charge is 0.312 e. The monoisotopic (exact) mass is 240 g/mol. The first-order chi connectivity index (χ1) is 7.85. The summed E-state index contributed by atoms with van der Waals surface area (Å²) < 4.78 is 5.89. The highest BCUT2D eigenvalue weighted by atomic mass is 16.6. The minimum atomic E-state index is -0.342. The minimum absolute atomic E-state index is 0.0172. The molecule has 2 nitrogen and oxygen atoms in total. The lowest BCUT2D eigenvalue weighted by atomic mass is 9.77. The molecule has 0 amide bonds. The molecule has 2 heteroatoms. The van der Waals surface area contributed by atoms with Gasteiger partial charge in [0.25, 0.3) is 0 Å². The molecule has 0 unspecified atom stereocenters. The number of carbonyl (C=O) groups is 1. The number of hydrogen-bond acceptors (Lipinski definition) is 2. The maximum absolute atomic E-state index is 12.2. The molecule has 0 N–H and O–H groups in total. The van der Waals surface area contributed by atoms with Crippen LogP contribution in [0.4, 0.5) is 0 Å². The normalized spacial score (nSPS) is 30.1. The van der Waals surface area contributed by atoms with Gasteiger partial charge in [0, 0.05) is 0 Å². The highest BCUT2D eigenvalue weighted by molar-refractivity contribution is 5.76. The van der Waals surface area contributed by atoms with Crippen LogP contribution in [-0.4, -0.2) is 11.6 Å². The van der Waals surface area contributed by atoms with E-state index in [0.717, 1.165) is 31.6 Å². The van der Waals surface area contributed by atoms with E-state index in [0.29, 0.717) is 0 Å². The first-order valence-corrected chi connectivity index (χ1v) is 7.08. The van der Waals surface area contributed by atoms with Gasteiger partial charge in [-0.25, -0.2) is 0 Å². The van der Waals surface area contributed by atoms with E-state index in [1.807, 2.05) is 20.8 Å². The van der Waals surface area contributed by atoms with Gasteiger partial charge in [0.05, 0.1) is 5.41 Å². The van der Waals surface area contributed by atoms with E-state index >= 15 is 0 Å². The second kappa shape index (κ2) is 5.41. The predicted octanol–water partition coefficient (Wildman–Crippen LogP) is 4.32. The van der Waals surface area contributed by atoms with Gasteiger partial charge in [0.15, 0.2) is 0 Å². The van der Waals surface area contributed by atoms with Crippen LogP contribution in [0.1, 0.15) is 73.1 Å². The van der Waals surface area contributed by atoms with Crippen LogP contribution in [0.3, 0.4) is 0 Å². The molecule has 1 aliphatic rings. The van der Waals surface area contributed by atoms with Crippen molar-refractivity contribution < 1.29 is 9.53 Å². The summed E-state index contributed by atoms with van der Waals surface area (Å²) >= 11 is 0. The lowest BCUT2D eigenvalue weighted by molar-refractivity contribution is -0.175. The Bertz CT molecular complexity index is 260. The van der Waals surface area contributed by atoms with E-state index in [-0.39, 0.29) is 17.0 Å². The van der Waals surface area contributed by atoms with Crippen molar-refractivity contribution in [2.45, 2.75) is 78.7 Å². The summed E-state index contributed by atoms with van der Waals surface area (Å²) in [7, 11) is 0. The first kappa shape index (κ1) is 14.5. The molecule has 17 heavy (non-hydrogen) atoms. The lowest BCUT2D eigenvalue weighted by Crippen LogP contribution is -2.41. The Hall–Kier alpha value is -0.530. The van der Waals surface area contributed by atoms with E-state index in [9.17, 15) is 4.79 Å². The van der Waals surface area contributed by atoms with Gasteiger partial charge in [0.1, 0.15) is 5.60 Å². The van der Waals surface area contributed by atoms with Crippen LogP contribution in [0.2, 0.25) is 0 Å². The topological polar surface area (TPSA) is 26.3 Å². The van der Waals surface area contributed by atoms with Crippen molar-refractivity contribution >= 4 is 5.97 Å². The van der Waals surface area contributed by atoms with Crippen LogP contribution in [0, 0.1) is 11.3 Å². The fourth-order valence-corrected chi connectivity index (χ4v) is 2.30. The van der Waals surface area contributed by atoms with Crippen molar-refractivity contribution in [3.05, 3.63) is 0 Å². The van der Waals surface area contributed by atoms with Gasteiger partial charge in [-0.2, -0.15) is 0 Å². The van der Waals surface area contributed by atoms with Crippen molar-refractivity contribution in [1.82, 2.24) is 0 Å². The molecule has 1 rings (SSSR count). The van der Waals surface area contributed by atoms with Gasteiger partial charge in [-0.1, -0.05) is 20.8 Å². The van der Waals surface area contributed by atoms with Crippen LogP contribution < -0.4 is 0 Å². The van der Waals surface area contributed by atoms with Crippen molar-refractivity contribution in [3.63, 3.8) is 0 Å². The van der Waals surface area contributed by atoms with E-state index in [1.54, 1.807) is 0 Å². The Balaban J connectivity index is 2.67. The molecule has 0 aliphatic heterocycles. The summed E-state index contributed by atoms with van der Waals surface area (Å²) in [6.45, 7) is 10.4. The molecule has 0 aromatic heterocycles. The molecule has 0 bridgehead atoms. The van der Waals surface area contributed by atoms with Gasteiger partial charge in [-0.15, -0.1) is 0 Å². The molecular formula is C15H28O2. The van der Waals surface area contributed by atoms with Gasteiger partial charge in [0.2, 0.25) is 0 Å². The van der Waals surface area contributed by atoms with E-state index in [4.69, 9.17) is 4.74 Å². The summed E-state index contributed by atoms with van der Waals surface area (Å²) in [6.07, 6.45) is 6.24. The first-order valence-electron chi connectivity index (χ1n) is 7.08. The standard InChI is InChI=1S/C15H28O2/c1-6-14(4,5)13(16)17-15(7-2)10-8-12(3)9-11-15/h12H,6-11H2,1-5H3. The molecule has 100 valence electrons. The zero-order valence-corrected chi connectivity index (χ0v) is 12.1. The third-order valence-corrected chi connectivity index (χ3v) is 4.58. The van der Waals surface area contributed by atoms with Crippen molar-refractivity contribution in [3.8, 4) is 0 Å². The molecule has 0 radical (unpaired) electrons. The number of hydrogen-bond donors (Lipinski definition) is 0. The summed E-state index contributed by atoms with van der Waals surface area (Å²) in [6, 6.07) is 0. The summed E-state index contributed by atoms with van der Waals surface area (Å²) in [5.41, 5.74) is -0.513. The van der Waals surface area contributed by atoms with Crippen LogP contribution in [-0.2, 0) is 9.53 Å². The Morgan fingerprint density at radius 1 is 1.29 bits per heavy atom. The van der Waals surface area contributed by atoms with Gasteiger partial charge >= 0.3 is 5.97 Å². The third-order valence-electron chi connectivity index (χ3n) is 4.58. The molecule has 0 atom stereocenters. The number of carbonyl (C=O) groups excluding carboxylic acids is 1. The zero-order chi connectivity index (χ0) is 13.1. The summed E-state index contributed by atoms with van der Waals surface area (Å²) in [5.74, 6) is 0.768.